The van der Waals surface area contributed by atoms with E-state index >= 15 is 0 Å². The molecule has 1 amide bonds. The topological polar surface area (TPSA) is 32.3 Å². The van der Waals surface area contributed by atoms with Crippen LogP contribution in [0.5, 0.6) is 0 Å². The highest BCUT2D eigenvalue weighted by molar-refractivity contribution is 5.92. The van der Waals surface area contributed by atoms with Crippen molar-refractivity contribution in [3.05, 3.63) is 30.1 Å². The van der Waals surface area contributed by atoms with Crippen molar-refractivity contribution in [3.63, 3.8) is 0 Å². The third-order valence-corrected chi connectivity index (χ3v) is 3.45. The first-order valence-corrected chi connectivity index (χ1v) is 6.41. The van der Waals surface area contributed by atoms with Crippen molar-refractivity contribution in [1.82, 2.24) is 4.90 Å². The van der Waals surface area contributed by atoms with Gasteiger partial charge in [0.15, 0.2) is 0 Å². The molecule has 1 aromatic rings. The van der Waals surface area contributed by atoms with Gasteiger partial charge in [-0.25, -0.2) is 4.39 Å². The van der Waals surface area contributed by atoms with Crippen LogP contribution in [0.4, 0.5) is 10.1 Å². The summed E-state index contributed by atoms with van der Waals surface area (Å²) in [7, 11) is 1.97. The Hall–Kier alpha value is -1.42. The van der Waals surface area contributed by atoms with Gasteiger partial charge in [-0.2, -0.15) is 0 Å². The number of anilines is 1. The van der Waals surface area contributed by atoms with E-state index in [-0.39, 0.29) is 11.7 Å². The number of rotatable bonds is 4. The molecule has 18 heavy (non-hydrogen) atoms. The normalized spacial score (nSPS) is 16.2. The van der Waals surface area contributed by atoms with Crippen molar-refractivity contribution >= 4 is 11.6 Å². The Balaban J connectivity index is 1.84. The van der Waals surface area contributed by atoms with Crippen LogP contribution < -0.4 is 5.32 Å². The van der Waals surface area contributed by atoms with Crippen LogP contribution in [-0.4, -0.2) is 30.4 Å². The molecule has 0 atom stereocenters. The van der Waals surface area contributed by atoms with Crippen LogP contribution in [0.15, 0.2) is 24.3 Å². The predicted octanol–water partition coefficient (Wildman–Crippen LogP) is 2.64. The van der Waals surface area contributed by atoms with Crippen LogP contribution in [0.2, 0.25) is 0 Å². The second-order valence-corrected chi connectivity index (χ2v) is 4.91. The minimum Gasteiger partial charge on any atom is -0.325 e. The Kier molecular flexibility index (Phi) is 4.31. The number of carbonyl (C=O) groups is 1. The minimum absolute atomic E-state index is 0.0880. The van der Waals surface area contributed by atoms with E-state index in [1.165, 1.54) is 37.8 Å². The number of nitrogens with one attached hydrogen (secondary N) is 1. The Bertz CT molecular complexity index is 416. The largest absolute Gasteiger partial charge is 0.325 e. The molecule has 0 saturated heterocycles. The molecule has 1 aliphatic carbocycles. The van der Waals surface area contributed by atoms with Gasteiger partial charge in [0.2, 0.25) is 5.91 Å². The number of hydrogen-bond donors (Lipinski definition) is 1. The van der Waals surface area contributed by atoms with Gasteiger partial charge < -0.3 is 5.32 Å². The maximum Gasteiger partial charge on any atom is 0.238 e. The van der Waals surface area contributed by atoms with Crippen molar-refractivity contribution in [2.45, 2.75) is 31.7 Å². The average Bonchev–Trinajstić information content (AvgIpc) is 2.81. The third kappa shape index (κ3) is 3.53. The lowest BCUT2D eigenvalue weighted by Gasteiger charge is -2.23. The number of hydrogen-bond acceptors (Lipinski definition) is 2. The maximum atomic E-state index is 13.0. The van der Waals surface area contributed by atoms with Gasteiger partial charge >= 0.3 is 0 Å². The molecule has 0 aromatic heterocycles. The molecule has 98 valence electrons. The molecule has 1 N–H and O–H groups in total. The molecular weight excluding hydrogens is 231 g/mol. The van der Waals surface area contributed by atoms with Gasteiger partial charge in [0.25, 0.3) is 0 Å². The van der Waals surface area contributed by atoms with E-state index in [0.717, 1.165) is 0 Å². The molecular formula is C14H19FN2O. The third-order valence-electron chi connectivity index (χ3n) is 3.45. The van der Waals surface area contributed by atoms with Gasteiger partial charge in [-0.05, 0) is 38.1 Å². The van der Waals surface area contributed by atoms with Crippen molar-refractivity contribution in [2.75, 3.05) is 18.9 Å². The van der Waals surface area contributed by atoms with E-state index in [1.807, 2.05) is 7.05 Å². The highest BCUT2D eigenvalue weighted by Crippen LogP contribution is 2.22. The Morgan fingerprint density at radius 1 is 1.44 bits per heavy atom. The SMILES string of the molecule is CN(CC(=O)Nc1cccc(F)c1)C1CCCC1. The van der Waals surface area contributed by atoms with Gasteiger partial charge in [0.1, 0.15) is 5.82 Å². The number of amides is 1. The molecule has 0 aliphatic heterocycles. The summed E-state index contributed by atoms with van der Waals surface area (Å²) in [5, 5.41) is 2.72. The molecule has 0 unspecified atom stereocenters. The zero-order valence-corrected chi connectivity index (χ0v) is 10.7. The lowest BCUT2D eigenvalue weighted by molar-refractivity contribution is -0.117. The van der Waals surface area contributed by atoms with E-state index in [0.29, 0.717) is 18.3 Å². The van der Waals surface area contributed by atoms with E-state index in [9.17, 15) is 9.18 Å². The van der Waals surface area contributed by atoms with Crippen LogP contribution in [0.25, 0.3) is 0 Å². The predicted molar refractivity (Wildman–Crippen MR) is 69.9 cm³/mol. The Morgan fingerprint density at radius 3 is 2.83 bits per heavy atom. The van der Waals surface area contributed by atoms with E-state index in [1.54, 1.807) is 12.1 Å². The van der Waals surface area contributed by atoms with Crippen LogP contribution in [0.1, 0.15) is 25.7 Å². The monoisotopic (exact) mass is 250 g/mol. The highest BCUT2D eigenvalue weighted by Gasteiger charge is 2.21. The summed E-state index contributed by atoms with van der Waals surface area (Å²) in [6.07, 6.45) is 4.84. The van der Waals surface area contributed by atoms with E-state index in [4.69, 9.17) is 0 Å². The first-order chi connectivity index (χ1) is 8.65. The lowest BCUT2D eigenvalue weighted by Crippen LogP contribution is -2.36. The van der Waals surface area contributed by atoms with Gasteiger partial charge in [-0.3, -0.25) is 9.69 Å². The molecule has 4 heteroatoms. The molecule has 2 rings (SSSR count). The smallest absolute Gasteiger partial charge is 0.238 e. The summed E-state index contributed by atoms with van der Waals surface area (Å²) >= 11 is 0. The quantitative estimate of drug-likeness (QED) is 0.891. The number of halogens is 1. The molecule has 0 heterocycles. The fraction of sp³-hybridized carbons (Fsp3) is 0.500. The molecule has 0 spiro atoms. The number of benzene rings is 1. The minimum atomic E-state index is -0.336. The second-order valence-electron chi connectivity index (χ2n) is 4.91. The van der Waals surface area contributed by atoms with Gasteiger partial charge in [-0.15, -0.1) is 0 Å². The fourth-order valence-corrected chi connectivity index (χ4v) is 2.47. The van der Waals surface area contributed by atoms with Crippen LogP contribution in [-0.2, 0) is 4.79 Å². The van der Waals surface area contributed by atoms with Crippen molar-refractivity contribution in [2.24, 2.45) is 0 Å². The molecule has 1 aliphatic rings. The summed E-state index contributed by atoms with van der Waals surface area (Å²) in [6, 6.07) is 6.49. The van der Waals surface area contributed by atoms with Gasteiger partial charge in [0.05, 0.1) is 6.54 Å². The maximum absolute atomic E-state index is 13.0. The van der Waals surface area contributed by atoms with Crippen molar-refractivity contribution in [1.29, 1.82) is 0 Å². The van der Waals surface area contributed by atoms with Crippen LogP contribution >= 0.6 is 0 Å². The fourth-order valence-electron chi connectivity index (χ4n) is 2.47. The summed E-state index contributed by atoms with van der Waals surface area (Å²) in [5.41, 5.74) is 0.514. The molecule has 3 nitrogen and oxygen atoms in total. The first-order valence-electron chi connectivity index (χ1n) is 6.41. The van der Waals surface area contributed by atoms with E-state index in [2.05, 4.69) is 10.2 Å². The molecule has 1 saturated carbocycles. The van der Waals surface area contributed by atoms with Crippen molar-refractivity contribution < 1.29 is 9.18 Å². The lowest BCUT2D eigenvalue weighted by atomic mass is 10.2. The number of carbonyl (C=O) groups excluding carboxylic acids is 1. The number of nitrogens with zero attached hydrogens (tertiary/aromatic N) is 1. The van der Waals surface area contributed by atoms with Gasteiger partial charge in [0, 0.05) is 11.7 Å². The molecule has 0 bridgehead atoms. The molecule has 0 radical (unpaired) electrons. The molecule has 1 aromatic carbocycles. The summed E-state index contributed by atoms with van der Waals surface area (Å²) < 4.78 is 13.0. The number of likely N-dealkylation sites (N-methyl/N-ethyl adjacent to an activating group) is 1. The average molecular weight is 250 g/mol. The van der Waals surface area contributed by atoms with Gasteiger partial charge in [-0.1, -0.05) is 18.9 Å². The summed E-state index contributed by atoms with van der Waals surface area (Å²) in [5.74, 6) is -0.424. The van der Waals surface area contributed by atoms with Crippen LogP contribution in [0, 0.1) is 5.82 Å². The zero-order chi connectivity index (χ0) is 13.0. The molecule has 1 fully saturated rings. The summed E-state index contributed by atoms with van der Waals surface area (Å²) in [4.78, 5) is 13.9. The summed E-state index contributed by atoms with van der Waals surface area (Å²) in [6.45, 7) is 0.362. The van der Waals surface area contributed by atoms with E-state index < -0.39 is 0 Å². The Labute approximate surface area is 107 Å². The van der Waals surface area contributed by atoms with Crippen LogP contribution in [0.3, 0.4) is 0 Å². The first kappa shape index (κ1) is 13.0. The highest BCUT2D eigenvalue weighted by atomic mass is 19.1. The van der Waals surface area contributed by atoms with Crippen molar-refractivity contribution in [3.8, 4) is 0 Å². The second kappa shape index (κ2) is 5.96. The zero-order valence-electron chi connectivity index (χ0n) is 10.7. The standard InChI is InChI=1S/C14H19FN2O/c1-17(13-7-2-3-8-13)10-14(18)16-12-6-4-5-11(15)9-12/h4-6,9,13H,2-3,7-8,10H2,1H3,(H,16,18). The Morgan fingerprint density at radius 2 is 2.17 bits per heavy atom.